The van der Waals surface area contributed by atoms with Gasteiger partial charge in [0.2, 0.25) is 5.95 Å². The fourth-order valence-electron chi connectivity index (χ4n) is 1.33. The van der Waals surface area contributed by atoms with Gasteiger partial charge in [-0.1, -0.05) is 5.21 Å². The van der Waals surface area contributed by atoms with Crippen LogP contribution in [0.3, 0.4) is 0 Å². The molecule has 2 aromatic rings. The number of anilines is 1. The minimum Gasteiger partial charge on any atom is -0.356 e. The molecule has 0 atom stereocenters. The Morgan fingerprint density at radius 2 is 2.27 bits per heavy atom. The average Bonchev–Trinajstić information content (AvgIpc) is 2.85. The van der Waals surface area contributed by atoms with Gasteiger partial charge in [-0.05, 0) is 6.42 Å². The fraction of sp³-hybridized carbons (Fsp3) is 0.444. The van der Waals surface area contributed by atoms with Gasteiger partial charge >= 0.3 is 0 Å². The predicted octanol–water partition coefficient (Wildman–Crippen LogP) is 0.514. The van der Waals surface area contributed by atoms with E-state index in [1.54, 1.807) is 12.4 Å². The van der Waals surface area contributed by atoms with E-state index < -0.39 is 0 Å². The van der Waals surface area contributed by atoms with Crippen LogP contribution in [0.15, 0.2) is 24.8 Å². The van der Waals surface area contributed by atoms with Crippen molar-refractivity contribution in [3.8, 4) is 0 Å². The highest BCUT2D eigenvalue weighted by atomic mass is 15.4. The Hall–Kier alpha value is -1.85. The van der Waals surface area contributed by atoms with E-state index in [1.165, 1.54) is 0 Å². The molecule has 0 amide bonds. The molecular weight excluding hydrogens is 192 g/mol. The molecule has 80 valence electrons. The minimum absolute atomic E-state index is 0.872. The molecular formula is C9H14N6. The summed E-state index contributed by atoms with van der Waals surface area (Å²) in [5.41, 5.74) is 0. The molecule has 0 radical (unpaired) electrons. The Kier molecular flexibility index (Phi) is 2.96. The van der Waals surface area contributed by atoms with Crippen LogP contribution < -0.4 is 5.32 Å². The van der Waals surface area contributed by atoms with E-state index in [1.807, 2.05) is 28.7 Å². The van der Waals surface area contributed by atoms with Crippen molar-refractivity contribution in [2.75, 3.05) is 11.9 Å². The smallest absolute Gasteiger partial charge is 0.202 e. The number of aryl methyl sites for hydroxylation is 2. The first-order valence-electron chi connectivity index (χ1n) is 4.91. The maximum atomic E-state index is 4.17. The lowest BCUT2D eigenvalue weighted by atomic mass is 10.4. The number of rotatable bonds is 5. The summed E-state index contributed by atoms with van der Waals surface area (Å²) in [5.74, 6) is 0.897. The van der Waals surface area contributed by atoms with Gasteiger partial charge in [-0.2, -0.15) is 0 Å². The number of nitrogens with one attached hydrogen (secondary N) is 1. The first kappa shape index (κ1) is 9.70. The van der Waals surface area contributed by atoms with Gasteiger partial charge in [0.05, 0.1) is 6.20 Å². The molecule has 0 aliphatic carbocycles. The molecule has 2 heterocycles. The van der Waals surface area contributed by atoms with Crippen LogP contribution in [-0.4, -0.2) is 31.1 Å². The van der Waals surface area contributed by atoms with E-state index in [-0.39, 0.29) is 0 Å². The summed E-state index contributed by atoms with van der Waals surface area (Å²) in [6, 6.07) is 0. The second kappa shape index (κ2) is 4.59. The predicted molar refractivity (Wildman–Crippen MR) is 56.3 cm³/mol. The summed E-state index contributed by atoms with van der Waals surface area (Å²) in [7, 11) is 1.97. The van der Waals surface area contributed by atoms with Crippen molar-refractivity contribution < 1.29 is 0 Å². The summed E-state index contributed by atoms with van der Waals surface area (Å²) in [6.07, 6.45) is 8.24. The largest absolute Gasteiger partial charge is 0.356 e. The van der Waals surface area contributed by atoms with Crippen molar-refractivity contribution in [2.24, 2.45) is 7.05 Å². The molecule has 0 saturated carbocycles. The van der Waals surface area contributed by atoms with Crippen LogP contribution >= 0.6 is 0 Å². The second-order valence-corrected chi connectivity index (χ2v) is 3.31. The van der Waals surface area contributed by atoms with Crippen molar-refractivity contribution >= 4 is 5.95 Å². The molecule has 15 heavy (non-hydrogen) atoms. The van der Waals surface area contributed by atoms with Gasteiger partial charge < -0.3 is 9.88 Å². The first-order valence-corrected chi connectivity index (χ1v) is 4.91. The maximum absolute atomic E-state index is 4.17. The number of nitrogens with zero attached hydrogens (tertiary/aromatic N) is 5. The van der Waals surface area contributed by atoms with Crippen molar-refractivity contribution in [3.05, 3.63) is 24.8 Å². The summed E-state index contributed by atoms with van der Waals surface area (Å²) in [5, 5.41) is 10.9. The van der Waals surface area contributed by atoms with Crippen LogP contribution in [0.1, 0.15) is 6.42 Å². The third-order valence-corrected chi connectivity index (χ3v) is 2.14. The van der Waals surface area contributed by atoms with Crippen LogP contribution in [-0.2, 0) is 13.6 Å². The maximum Gasteiger partial charge on any atom is 0.202 e. The monoisotopic (exact) mass is 206 g/mol. The van der Waals surface area contributed by atoms with Gasteiger partial charge in [0.25, 0.3) is 0 Å². The van der Waals surface area contributed by atoms with Crippen molar-refractivity contribution in [3.63, 3.8) is 0 Å². The second-order valence-electron chi connectivity index (χ2n) is 3.31. The number of hydrogen-bond acceptors (Lipinski definition) is 4. The highest BCUT2D eigenvalue weighted by molar-refractivity contribution is 5.24. The fourth-order valence-corrected chi connectivity index (χ4v) is 1.33. The molecule has 0 unspecified atom stereocenters. The molecule has 0 bridgehead atoms. The Balaban J connectivity index is 1.70. The standard InChI is InChI=1S/C9H14N6/c1-14-7-4-11-9(14)10-3-2-6-15-8-5-12-13-15/h4-5,7-8H,2-3,6H2,1H3,(H,10,11). The Morgan fingerprint density at radius 3 is 2.93 bits per heavy atom. The van der Waals surface area contributed by atoms with E-state index in [2.05, 4.69) is 20.6 Å². The number of aromatic nitrogens is 5. The molecule has 6 nitrogen and oxygen atoms in total. The number of hydrogen-bond donors (Lipinski definition) is 1. The molecule has 0 saturated heterocycles. The zero-order valence-electron chi connectivity index (χ0n) is 8.67. The molecule has 1 N–H and O–H groups in total. The molecule has 6 heteroatoms. The van der Waals surface area contributed by atoms with Crippen LogP contribution in [0.25, 0.3) is 0 Å². The van der Waals surface area contributed by atoms with Crippen LogP contribution in [0, 0.1) is 0 Å². The molecule has 0 fully saturated rings. The highest BCUT2D eigenvalue weighted by Crippen LogP contribution is 2.00. The lowest BCUT2D eigenvalue weighted by Crippen LogP contribution is -2.09. The van der Waals surface area contributed by atoms with Crippen LogP contribution in [0.2, 0.25) is 0 Å². The average molecular weight is 206 g/mol. The van der Waals surface area contributed by atoms with E-state index in [4.69, 9.17) is 0 Å². The SMILES string of the molecule is Cn1ccnc1NCCCn1ccnn1. The van der Waals surface area contributed by atoms with Crippen molar-refractivity contribution in [2.45, 2.75) is 13.0 Å². The minimum atomic E-state index is 0.872. The Bertz CT molecular complexity index is 390. The van der Waals surface area contributed by atoms with Crippen LogP contribution in [0.4, 0.5) is 5.95 Å². The molecule has 2 rings (SSSR count). The third-order valence-electron chi connectivity index (χ3n) is 2.14. The highest BCUT2D eigenvalue weighted by Gasteiger charge is 1.97. The zero-order chi connectivity index (χ0) is 10.5. The topological polar surface area (TPSA) is 60.6 Å². The first-order chi connectivity index (χ1) is 7.36. The molecule has 0 spiro atoms. The van der Waals surface area contributed by atoms with E-state index in [0.29, 0.717) is 0 Å². The number of imidazole rings is 1. The summed E-state index contributed by atoms with van der Waals surface area (Å²) in [6.45, 7) is 1.75. The summed E-state index contributed by atoms with van der Waals surface area (Å²) in [4.78, 5) is 4.17. The van der Waals surface area contributed by atoms with E-state index in [0.717, 1.165) is 25.5 Å². The Labute approximate surface area is 87.9 Å². The van der Waals surface area contributed by atoms with Gasteiger partial charge in [-0.15, -0.1) is 5.10 Å². The zero-order valence-corrected chi connectivity index (χ0v) is 8.67. The summed E-state index contributed by atoms with van der Waals surface area (Å²) < 4.78 is 3.77. The lowest BCUT2D eigenvalue weighted by Gasteiger charge is -2.05. The van der Waals surface area contributed by atoms with Crippen LogP contribution in [0.5, 0.6) is 0 Å². The normalized spacial score (nSPS) is 10.5. The Morgan fingerprint density at radius 1 is 1.33 bits per heavy atom. The quantitative estimate of drug-likeness (QED) is 0.724. The van der Waals surface area contributed by atoms with Gasteiger partial charge in [-0.3, -0.25) is 4.68 Å². The van der Waals surface area contributed by atoms with Crippen molar-refractivity contribution in [1.82, 2.24) is 24.5 Å². The van der Waals surface area contributed by atoms with Gasteiger partial charge in [0.1, 0.15) is 0 Å². The molecule has 2 aromatic heterocycles. The van der Waals surface area contributed by atoms with Gasteiger partial charge in [0.15, 0.2) is 0 Å². The van der Waals surface area contributed by atoms with E-state index >= 15 is 0 Å². The third kappa shape index (κ3) is 2.55. The lowest BCUT2D eigenvalue weighted by molar-refractivity contribution is 0.568. The van der Waals surface area contributed by atoms with Crippen molar-refractivity contribution in [1.29, 1.82) is 0 Å². The molecule has 0 aliphatic rings. The van der Waals surface area contributed by atoms with Gasteiger partial charge in [-0.25, -0.2) is 4.98 Å². The molecule has 0 aliphatic heterocycles. The summed E-state index contributed by atoms with van der Waals surface area (Å²) >= 11 is 0. The van der Waals surface area contributed by atoms with Gasteiger partial charge in [0, 0.05) is 38.7 Å². The van der Waals surface area contributed by atoms with E-state index in [9.17, 15) is 0 Å². The molecule has 0 aromatic carbocycles.